The van der Waals surface area contributed by atoms with Crippen molar-refractivity contribution >= 4 is 47.4 Å². The summed E-state index contributed by atoms with van der Waals surface area (Å²) in [5.74, 6) is -0.600. The maximum absolute atomic E-state index is 11.7. The summed E-state index contributed by atoms with van der Waals surface area (Å²) in [6, 6.07) is 4.64. The Morgan fingerprint density at radius 3 is 2.26 bits per heavy atom. The Morgan fingerprint density at radius 1 is 1.17 bits per heavy atom. The fourth-order valence-corrected chi connectivity index (χ4v) is 2.34. The predicted molar refractivity (Wildman–Crippen MR) is 96.2 cm³/mol. The second kappa shape index (κ2) is 10.7. The van der Waals surface area contributed by atoms with Gasteiger partial charge in [0.15, 0.2) is 0 Å². The van der Waals surface area contributed by atoms with Gasteiger partial charge in [-0.15, -0.1) is 12.4 Å². The molecule has 0 saturated heterocycles. The SMILES string of the molecule is CC(C)[C@H](N)C(=O)NCC(=O)NCCc1c(Cl)cccc1Cl.Cl. The summed E-state index contributed by atoms with van der Waals surface area (Å²) in [6.45, 7) is 3.97. The molecule has 0 spiro atoms. The average molecular weight is 383 g/mol. The maximum atomic E-state index is 11.7. The number of amides is 2. The van der Waals surface area contributed by atoms with Crippen LogP contribution in [0.3, 0.4) is 0 Å². The van der Waals surface area contributed by atoms with Gasteiger partial charge >= 0.3 is 0 Å². The highest BCUT2D eigenvalue weighted by atomic mass is 35.5. The van der Waals surface area contributed by atoms with Crippen molar-refractivity contribution in [1.29, 1.82) is 0 Å². The normalized spacial score (nSPS) is 11.6. The predicted octanol–water partition coefficient (Wildman–Crippen LogP) is 2.17. The molecule has 1 aromatic carbocycles. The van der Waals surface area contributed by atoms with Gasteiger partial charge in [0.25, 0.3) is 0 Å². The summed E-state index contributed by atoms with van der Waals surface area (Å²) in [7, 11) is 0. The van der Waals surface area contributed by atoms with Crippen molar-refractivity contribution in [2.45, 2.75) is 26.3 Å². The fourth-order valence-electron chi connectivity index (χ4n) is 1.75. The Labute approximate surface area is 152 Å². The third kappa shape index (κ3) is 7.40. The molecule has 0 aliphatic heterocycles. The van der Waals surface area contributed by atoms with Crippen molar-refractivity contribution < 1.29 is 9.59 Å². The summed E-state index contributed by atoms with van der Waals surface area (Å²) < 4.78 is 0. The van der Waals surface area contributed by atoms with Gasteiger partial charge in [-0.3, -0.25) is 9.59 Å². The molecular weight excluding hydrogens is 361 g/mol. The molecule has 23 heavy (non-hydrogen) atoms. The Balaban J connectivity index is 0.00000484. The Bertz CT molecular complexity index is 518. The molecule has 1 atom stereocenters. The third-order valence-electron chi connectivity index (χ3n) is 3.20. The van der Waals surface area contributed by atoms with Crippen LogP contribution in [0.15, 0.2) is 18.2 Å². The van der Waals surface area contributed by atoms with Crippen LogP contribution in [-0.2, 0) is 16.0 Å². The van der Waals surface area contributed by atoms with Gasteiger partial charge in [0, 0.05) is 16.6 Å². The van der Waals surface area contributed by atoms with Crippen LogP contribution in [0, 0.1) is 5.92 Å². The van der Waals surface area contributed by atoms with E-state index in [1.54, 1.807) is 18.2 Å². The number of nitrogens with one attached hydrogen (secondary N) is 2. The summed E-state index contributed by atoms with van der Waals surface area (Å²) in [5.41, 5.74) is 6.47. The summed E-state index contributed by atoms with van der Waals surface area (Å²) in [6.07, 6.45) is 0.518. The minimum Gasteiger partial charge on any atom is -0.354 e. The fraction of sp³-hybridized carbons (Fsp3) is 0.467. The van der Waals surface area contributed by atoms with Crippen LogP contribution in [0.1, 0.15) is 19.4 Å². The zero-order valence-electron chi connectivity index (χ0n) is 13.1. The first-order valence-electron chi connectivity index (χ1n) is 7.05. The maximum Gasteiger partial charge on any atom is 0.239 e. The van der Waals surface area contributed by atoms with E-state index in [0.29, 0.717) is 23.0 Å². The standard InChI is InChI=1S/C15H21Cl2N3O2.ClH/c1-9(2)14(18)15(22)20-8-13(21)19-7-6-10-11(16)4-3-5-12(10)17;/h3-5,9,14H,6-8,18H2,1-2H3,(H,19,21)(H,20,22);1H/t14-;/m0./s1. The van der Waals surface area contributed by atoms with E-state index in [1.807, 2.05) is 13.8 Å². The molecule has 4 N–H and O–H groups in total. The average Bonchev–Trinajstić information content (AvgIpc) is 2.46. The van der Waals surface area contributed by atoms with Gasteiger partial charge in [-0.1, -0.05) is 43.1 Å². The number of carbonyl (C=O) groups excluding carboxylic acids is 2. The summed E-state index contributed by atoms with van der Waals surface area (Å²) in [4.78, 5) is 23.3. The lowest BCUT2D eigenvalue weighted by Gasteiger charge is -2.15. The molecule has 0 unspecified atom stereocenters. The molecule has 0 aliphatic carbocycles. The lowest BCUT2D eigenvalue weighted by Crippen LogP contribution is -2.47. The van der Waals surface area contributed by atoms with Gasteiger partial charge in [-0.2, -0.15) is 0 Å². The Hall–Kier alpha value is -1.01. The van der Waals surface area contributed by atoms with Crippen molar-refractivity contribution in [3.05, 3.63) is 33.8 Å². The van der Waals surface area contributed by atoms with Crippen LogP contribution in [-0.4, -0.2) is 30.9 Å². The summed E-state index contributed by atoms with van der Waals surface area (Å²) in [5, 5.41) is 6.34. The van der Waals surface area contributed by atoms with E-state index >= 15 is 0 Å². The van der Waals surface area contributed by atoms with E-state index in [-0.39, 0.29) is 36.7 Å². The number of halogens is 3. The van der Waals surface area contributed by atoms with E-state index in [0.717, 1.165) is 5.56 Å². The van der Waals surface area contributed by atoms with Gasteiger partial charge < -0.3 is 16.4 Å². The van der Waals surface area contributed by atoms with E-state index in [1.165, 1.54) is 0 Å². The quantitative estimate of drug-likeness (QED) is 0.676. The molecule has 1 aromatic rings. The number of benzene rings is 1. The van der Waals surface area contributed by atoms with Crippen LogP contribution in [0.5, 0.6) is 0 Å². The van der Waals surface area contributed by atoms with Crippen molar-refractivity contribution in [2.24, 2.45) is 11.7 Å². The molecule has 5 nitrogen and oxygen atoms in total. The number of rotatable bonds is 7. The highest BCUT2D eigenvalue weighted by molar-refractivity contribution is 6.36. The van der Waals surface area contributed by atoms with Crippen molar-refractivity contribution in [3.63, 3.8) is 0 Å². The molecular formula is C15H22Cl3N3O2. The van der Waals surface area contributed by atoms with Crippen LogP contribution in [0.4, 0.5) is 0 Å². The molecule has 0 aliphatic rings. The number of hydrogen-bond donors (Lipinski definition) is 3. The highest BCUT2D eigenvalue weighted by Gasteiger charge is 2.17. The first-order valence-corrected chi connectivity index (χ1v) is 7.81. The van der Waals surface area contributed by atoms with Gasteiger partial charge in [0.05, 0.1) is 12.6 Å². The molecule has 1 rings (SSSR count). The molecule has 0 heterocycles. The van der Waals surface area contributed by atoms with Crippen LogP contribution in [0.2, 0.25) is 10.0 Å². The van der Waals surface area contributed by atoms with Crippen molar-refractivity contribution in [3.8, 4) is 0 Å². The minimum absolute atomic E-state index is 0. The van der Waals surface area contributed by atoms with Crippen molar-refractivity contribution in [1.82, 2.24) is 10.6 Å². The van der Waals surface area contributed by atoms with E-state index in [9.17, 15) is 9.59 Å². The van der Waals surface area contributed by atoms with E-state index in [2.05, 4.69) is 10.6 Å². The van der Waals surface area contributed by atoms with Gasteiger partial charge in [0.2, 0.25) is 11.8 Å². The molecule has 0 fully saturated rings. The third-order valence-corrected chi connectivity index (χ3v) is 3.91. The molecule has 130 valence electrons. The number of carbonyl (C=O) groups is 2. The molecule has 0 aromatic heterocycles. The van der Waals surface area contributed by atoms with Crippen molar-refractivity contribution in [2.75, 3.05) is 13.1 Å². The molecule has 2 amide bonds. The monoisotopic (exact) mass is 381 g/mol. The van der Waals surface area contributed by atoms with Gasteiger partial charge in [-0.25, -0.2) is 0 Å². The first kappa shape index (κ1) is 22.0. The topological polar surface area (TPSA) is 84.2 Å². The lowest BCUT2D eigenvalue weighted by atomic mass is 10.1. The second-order valence-corrected chi connectivity index (χ2v) is 6.10. The highest BCUT2D eigenvalue weighted by Crippen LogP contribution is 2.24. The lowest BCUT2D eigenvalue weighted by molar-refractivity contribution is -0.127. The van der Waals surface area contributed by atoms with Crippen LogP contribution >= 0.6 is 35.6 Å². The Kier molecular flexibility index (Phi) is 10.2. The summed E-state index contributed by atoms with van der Waals surface area (Å²) >= 11 is 12.1. The zero-order valence-corrected chi connectivity index (χ0v) is 15.4. The number of hydrogen-bond acceptors (Lipinski definition) is 3. The van der Waals surface area contributed by atoms with Gasteiger partial charge in [-0.05, 0) is 30.0 Å². The van der Waals surface area contributed by atoms with E-state index < -0.39 is 6.04 Å². The van der Waals surface area contributed by atoms with E-state index in [4.69, 9.17) is 28.9 Å². The molecule has 8 heteroatoms. The second-order valence-electron chi connectivity index (χ2n) is 5.29. The van der Waals surface area contributed by atoms with Crippen LogP contribution < -0.4 is 16.4 Å². The molecule has 0 saturated carbocycles. The largest absolute Gasteiger partial charge is 0.354 e. The van der Waals surface area contributed by atoms with Crippen LogP contribution in [0.25, 0.3) is 0 Å². The first-order chi connectivity index (χ1) is 10.3. The van der Waals surface area contributed by atoms with Gasteiger partial charge in [0.1, 0.15) is 0 Å². The zero-order chi connectivity index (χ0) is 16.7. The molecule has 0 bridgehead atoms. The smallest absolute Gasteiger partial charge is 0.239 e. The molecule has 0 radical (unpaired) electrons. The minimum atomic E-state index is -0.616. The Morgan fingerprint density at radius 2 is 1.74 bits per heavy atom. The number of nitrogens with two attached hydrogens (primary N) is 1.